The smallest absolute Gasteiger partial charge is 0.274 e. The molecule has 1 amide bonds. The van der Waals surface area contributed by atoms with Gasteiger partial charge in [0.05, 0.1) is 16.3 Å². The summed E-state index contributed by atoms with van der Waals surface area (Å²) in [4.78, 5) is 25.7. The molecule has 3 rings (SSSR count). The van der Waals surface area contributed by atoms with E-state index in [1.54, 1.807) is 69.3 Å². The van der Waals surface area contributed by atoms with Crippen LogP contribution in [0.25, 0.3) is 10.8 Å². The fourth-order valence-electron chi connectivity index (χ4n) is 3.61. The van der Waals surface area contributed by atoms with E-state index in [9.17, 15) is 18.0 Å². The molecule has 0 radical (unpaired) electrons. The van der Waals surface area contributed by atoms with Gasteiger partial charge in [0.15, 0.2) is 5.69 Å². The van der Waals surface area contributed by atoms with E-state index in [1.165, 1.54) is 8.99 Å². The fraction of sp³-hybridized carbons (Fsp3) is 0.348. The van der Waals surface area contributed by atoms with Gasteiger partial charge in [-0.05, 0) is 37.6 Å². The summed E-state index contributed by atoms with van der Waals surface area (Å²) >= 11 is 0. The number of aryl methyl sites for hydroxylation is 1. The molecule has 0 spiro atoms. The molecule has 0 bridgehead atoms. The van der Waals surface area contributed by atoms with Gasteiger partial charge >= 0.3 is 0 Å². The van der Waals surface area contributed by atoms with Crippen molar-refractivity contribution in [2.75, 3.05) is 13.1 Å². The zero-order valence-corrected chi connectivity index (χ0v) is 19.5. The van der Waals surface area contributed by atoms with Crippen molar-refractivity contribution < 1.29 is 13.2 Å². The highest BCUT2D eigenvalue weighted by Crippen LogP contribution is 2.20. The number of nitrogens with one attached hydrogen (secondary N) is 1. The van der Waals surface area contributed by atoms with Crippen LogP contribution in [-0.4, -0.2) is 41.5 Å². The van der Waals surface area contributed by atoms with E-state index in [1.807, 2.05) is 6.92 Å². The van der Waals surface area contributed by atoms with Crippen LogP contribution in [0, 0.1) is 0 Å². The van der Waals surface area contributed by atoms with E-state index in [4.69, 9.17) is 0 Å². The molecule has 0 fully saturated rings. The Kier molecular flexibility index (Phi) is 7.10. The van der Waals surface area contributed by atoms with Crippen molar-refractivity contribution in [3.8, 4) is 0 Å². The van der Waals surface area contributed by atoms with E-state index in [0.717, 1.165) is 5.56 Å². The van der Waals surface area contributed by atoms with Crippen LogP contribution in [-0.2, 0) is 16.6 Å². The van der Waals surface area contributed by atoms with Crippen LogP contribution in [0.4, 0.5) is 0 Å². The number of hydrogen-bond donors (Lipinski definition) is 1. The third-order valence-corrected chi connectivity index (χ3v) is 7.52. The van der Waals surface area contributed by atoms with Gasteiger partial charge in [-0.3, -0.25) is 9.59 Å². The first-order chi connectivity index (χ1) is 15.2. The van der Waals surface area contributed by atoms with Gasteiger partial charge in [-0.1, -0.05) is 44.2 Å². The summed E-state index contributed by atoms with van der Waals surface area (Å²) in [7, 11) is -3.54. The first kappa shape index (κ1) is 23.6. The zero-order chi connectivity index (χ0) is 23.5. The molecular weight excluding hydrogens is 428 g/mol. The summed E-state index contributed by atoms with van der Waals surface area (Å²) in [5, 5.41) is 8.09. The quantitative estimate of drug-likeness (QED) is 0.562. The summed E-state index contributed by atoms with van der Waals surface area (Å²) in [6, 6.07) is 13.0. The summed E-state index contributed by atoms with van der Waals surface area (Å²) < 4.78 is 28.0. The predicted octanol–water partition coefficient (Wildman–Crippen LogP) is 2.94. The zero-order valence-electron chi connectivity index (χ0n) is 18.7. The lowest BCUT2D eigenvalue weighted by Crippen LogP contribution is -2.32. The van der Waals surface area contributed by atoms with Gasteiger partial charge in [0, 0.05) is 25.0 Å². The van der Waals surface area contributed by atoms with E-state index in [2.05, 4.69) is 10.4 Å². The molecule has 1 N–H and O–H groups in total. The van der Waals surface area contributed by atoms with Gasteiger partial charge in [-0.25, -0.2) is 13.1 Å². The van der Waals surface area contributed by atoms with Crippen molar-refractivity contribution >= 4 is 26.7 Å². The highest BCUT2D eigenvalue weighted by molar-refractivity contribution is 7.89. The van der Waals surface area contributed by atoms with Crippen molar-refractivity contribution in [2.45, 2.75) is 45.2 Å². The van der Waals surface area contributed by atoms with Crippen molar-refractivity contribution in [3.05, 3.63) is 70.1 Å². The Morgan fingerprint density at radius 3 is 2.19 bits per heavy atom. The topological polar surface area (TPSA) is 101 Å². The summed E-state index contributed by atoms with van der Waals surface area (Å²) in [6.45, 7) is 8.34. The molecule has 2 aromatic carbocycles. The van der Waals surface area contributed by atoms with Gasteiger partial charge in [-0.2, -0.15) is 9.40 Å². The highest BCUT2D eigenvalue weighted by Gasteiger charge is 2.22. The number of rotatable bonds is 8. The Hall–Kier alpha value is -3.04. The lowest BCUT2D eigenvalue weighted by atomic mass is 10.1. The number of aromatic nitrogens is 2. The number of hydrogen-bond acceptors (Lipinski definition) is 5. The normalized spacial score (nSPS) is 12.8. The second-order valence-corrected chi connectivity index (χ2v) is 9.31. The maximum Gasteiger partial charge on any atom is 0.274 e. The van der Waals surface area contributed by atoms with Crippen LogP contribution in [0.3, 0.4) is 0 Å². The van der Waals surface area contributed by atoms with Crippen LogP contribution >= 0.6 is 0 Å². The maximum atomic E-state index is 13.0. The Balaban J connectivity index is 1.87. The Bertz CT molecular complexity index is 1280. The Morgan fingerprint density at radius 1 is 1.03 bits per heavy atom. The molecule has 0 aliphatic heterocycles. The first-order valence-corrected chi connectivity index (χ1v) is 12.1. The largest absolute Gasteiger partial charge is 0.344 e. The predicted molar refractivity (Wildman–Crippen MR) is 124 cm³/mol. The third-order valence-electron chi connectivity index (χ3n) is 5.45. The summed E-state index contributed by atoms with van der Waals surface area (Å²) in [5.74, 6) is -0.407. The van der Waals surface area contributed by atoms with Gasteiger partial charge in [0.1, 0.15) is 0 Å². The van der Waals surface area contributed by atoms with Crippen molar-refractivity contribution in [2.24, 2.45) is 0 Å². The Labute approximate surface area is 187 Å². The lowest BCUT2D eigenvalue weighted by Gasteiger charge is -2.19. The van der Waals surface area contributed by atoms with Crippen LogP contribution < -0.4 is 10.9 Å². The summed E-state index contributed by atoms with van der Waals surface area (Å²) in [5.41, 5.74) is 0.692. The first-order valence-electron chi connectivity index (χ1n) is 10.6. The number of benzene rings is 2. The SMILES string of the molecule is CCN(CC)S(=O)(=O)c1ccc(C(C)NC(=O)c2nn(CC)c(=O)c3ccccc23)cc1. The van der Waals surface area contributed by atoms with Crippen molar-refractivity contribution in [3.63, 3.8) is 0 Å². The van der Waals surface area contributed by atoms with Gasteiger partial charge in [0.25, 0.3) is 11.5 Å². The second-order valence-electron chi connectivity index (χ2n) is 7.37. The van der Waals surface area contributed by atoms with Gasteiger partial charge in [-0.15, -0.1) is 0 Å². The molecule has 170 valence electrons. The number of amides is 1. The van der Waals surface area contributed by atoms with E-state index < -0.39 is 22.0 Å². The number of carbonyl (C=O) groups excluding carboxylic acids is 1. The molecular formula is C23H28N4O4S. The number of fused-ring (bicyclic) bond motifs is 1. The van der Waals surface area contributed by atoms with Gasteiger partial charge in [0.2, 0.25) is 10.0 Å². The monoisotopic (exact) mass is 456 g/mol. The standard InChI is InChI=1S/C23H28N4O4S/c1-5-26(6-2)32(30,31)18-14-12-17(13-15-18)16(4)24-22(28)21-19-10-8-9-11-20(19)23(29)27(7-3)25-21/h8-16H,5-7H2,1-4H3,(H,24,28). The molecule has 0 saturated heterocycles. The fourth-order valence-corrected chi connectivity index (χ4v) is 5.06. The van der Waals surface area contributed by atoms with Crippen LogP contribution in [0.5, 0.6) is 0 Å². The van der Waals surface area contributed by atoms with E-state index >= 15 is 0 Å². The molecule has 0 aliphatic carbocycles. The number of sulfonamides is 1. The van der Waals surface area contributed by atoms with Gasteiger partial charge < -0.3 is 5.32 Å². The molecule has 3 aromatic rings. The summed E-state index contributed by atoms with van der Waals surface area (Å²) in [6.07, 6.45) is 0. The van der Waals surface area contributed by atoms with E-state index in [-0.39, 0.29) is 16.1 Å². The molecule has 9 heteroatoms. The maximum absolute atomic E-state index is 13.0. The number of nitrogens with zero attached hydrogens (tertiary/aromatic N) is 3. The van der Waals surface area contributed by atoms with Crippen LogP contribution in [0.15, 0.2) is 58.2 Å². The molecule has 0 aliphatic rings. The van der Waals surface area contributed by atoms with Crippen LogP contribution in [0.1, 0.15) is 49.8 Å². The molecule has 1 heterocycles. The minimum Gasteiger partial charge on any atom is -0.344 e. The van der Waals surface area contributed by atoms with Crippen molar-refractivity contribution in [1.82, 2.24) is 19.4 Å². The Morgan fingerprint density at radius 2 is 1.62 bits per heavy atom. The lowest BCUT2D eigenvalue weighted by molar-refractivity contribution is 0.0934. The van der Waals surface area contributed by atoms with E-state index in [0.29, 0.717) is 30.4 Å². The average molecular weight is 457 g/mol. The minimum absolute atomic E-state index is 0.176. The minimum atomic E-state index is -3.54. The number of carbonyl (C=O) groups is 1. The second kappa shape index (κ2) is 9.62. The molecule has 1 unspecified atom stereocenters. The molecule has 0 saturated carbocycles. The molecule has 32 heavy (non-hydrogen) atoms. The highest BCUT2D eigenvalue weighted by atomic mass is 32.2. The average Bonchev–Trinajstić information content (AvgIpc) is 2.80. The van der Waals surface area contributed by atoms with Crippen molar-refractivity contribution in [1.29, 1.82) is 0 Å². The third kappa shape index (κ3) is 4.44. The molecule has 8 nitrogen and oxygen atoms in total. The molecule has 1 aromatic heterocycles. The van der Waals surface area contributed by atoms with Crippen LogP contribution in [0.2, 0.25) is 0 Å². The molecule has 1 atom stereocenters.